The minimum Gasteiger partial charge on any atom is -0.376 e. The predicted octanol–water partition coefficient (Wildman–Crippen LogP) is 4.03. The summed E-state index contributed by atoms with van der Waals surface area (Å²) in [5.74, 6) is 0. The van der Waals surface area contributed by atoms with Crippen molar-refractivity contribution in [3.05, 3.63) is 38.1 Å². The summed E-state index contributed by atoms with van der Waals surface area (Å²) in [6.45, 7) is 0. The minimum atomic E-state index is -0.347. The highest BCUT2D eigenvalue weighted by atomic mass is 127. The molecule has 0 amide bonds. The van der Waals surface area contributed by atoms with Crippen LogP contribution in [0.1, 0.15) is 25.7 Å². The molecule has 1 aromatic carbocycles. The highest BCUT2D eigenvalue weighted by molar-refractivity contribution is 14.1. The average molecular weight is 440 g/mol. The molecule has 1 aromatic heterocycles. The van der Waals surface area contributed by atoms with Gasteiger partial charge in [-0.1, -0.05) is 0 Å². The normalized spacial score (nSPS) is 21.2. The number of hydrogen-bond donors (Lipinski definition) is 1. The molecule has 1 fully saturated rings. The van der Waals surface area contributed by atoms with Gasteiger partial charge in [-0.3, -0.25) is 10.1 Å². The summed E-state index contributed by atoms with van der Waals surface area (Å²) in [6, 6.07) is 6.71. The van der Waals surface area contributed by atoms with Crippen LogP contribution in [0.4, 0.5) is 11.4 Å². The summed E-state index contributed by atoms with van der Waals surface area (Å²) in [5.41, 5.74) is 1.45. The fraction of sp³-hybridized carbons (Fsp3) is 0.471. The first kappa shape index (κ1) is 17.3. The number of pyridine rings is 1. The van der Waals surface area contributed by atoms with Crippen molar-refractivity contribution in [2.45, 2.75) is 37.8 Å². The van der Waals surface area contributed by atoms with Crippen LogP contribution in [0.2, 0.25) is 0 Å². The summed E-state index contributed by atoms with van der Waals surface area (Å²) < 4.78 is 1.04. The zero-order chi connectivity index (χ0) is 17.3. The SMILES string of the molecule is CN(C)[C@H]1CC[C@@H](Nc2c([N+](=O)[O-])cnc3ccc(I)cc23)CC1. The maximum Gasteiger partial charge on any atom is 0.311 e. The summed E-state index contributed by atoms with van der Waals surface area (Å²) in [7, 11) is 4.23. The Morgan fingerprint density at radius 3 is 2.62 bits per heavy atom. The quantitative estimate of drug-likeness (QED) is 0.442. The summed E-state index contributed by atoms with van der Waals surface area (Å²) >= 11 is 2.22. The van der Waals surface area contributed by atoms with Crippen LogP contribution in [0.25, 0.3) is 10.9 Å². The second-order valence-electron chi connectivity index (χ2n) is 6.55. The van der Waals surface area contributed by atoms with Crippen LogP contribution in [0.3, 0.4) is 0 Å². The first-order valence-corrected chi connectivity index (χ1v) is 9.19. The van der Waals surface area contributed by atoms with Crippen LogP contribution in [0, 0.1) is 13.7 Å². The third-order valence-corrected chi connectivity index (χ3v) is 5.45. The Morgan fingerprint density at radius 2 is 2.00 bits per heavy atom. The van der Waals surface area contributed by atoms with Crippen LogP contribution < -0.4 is 5.32 Å². The van der Waals surface area contributed by atoms with Gasteiger partial charge in [-0.25, -0.2) is 4.98 Å². The molecule has 24 heavy (non-hydrogen) atoms. The van der Waals surface area contributed by atoms with Gasteiger partial charge in [0.15, 0.2) is 0 Å². The Hall–Kier alpha value is -1.48. The molecule has 1 aliphatic rings. The Kier molecular flexibility index (Phi) is 5.19. The molecule has 3 rings (SSSR count). The molecule has 7 heteroatoms. The van der Waals surface area contributed by atoms with Crippen LogP contribution in [0.15, 0.2) is 24.4 Å². The number of nitro groups is 1. The van der Waals surface area contributed by atoms with E-state index >= 15 is 0 Å². The monoisotopic (exact) mass is 440 g/mol. The standard InChI is InChI=1S/C17H21IN4O2/c1-21(2)13-6-4-12(5-7-13)20-17-14-9-11(18)3-8-15(14)19-10-16(17)22(23)24/h3,8-10,12-13H,4-7H2,1-2H3,(H,19,20)/t12-,13+. The third-order valence-electron chi connectivity index (χ3n) is 4.78. The number of halogens is 1. The van der Waals surface area contributed by atoms with Crippen LogP contribution in [-0.2, 0) is 0 Å². The van der Waals surface area contributed by atoms with Crippen LogP contribution >= 0.6 is 22.6 Å². The Morgan fingerprint density at radius 1 is 1.29 bits per heavy atom. The number of nitrogens with zero attached hydrogens (tertiary/aromatic N) is 3. The second-order valence-corrected chi connectivity index (χ2v) is 7.80. The van der Waals surface area contributed by atoms with Gasteiger partial charge in [0.25, 0.3) is 0 Å². The lowest BCUT2D eigenvalue weighted by Crippen LogP contribution is -2.36. The molecule has 1 saturated carbocycles. The molecule has 0 atom stereocenters. The molecule has 1 heterocycles. The highest BCUT2D eigenvalue weighted by Gasteiger charge is 2.26. The smallest absolute Gasteiger partial charge is 0.311 e. The van der Waals surface area contributed by atoms with Gasteiger partial charge in [0, 0.05) is 21.0 Å². The van der Waals surface area contributed by atoms with Gasteiger partial charge in [-0.2, -0.15) is 0 Å². The summed E-state index contributed by atoms with van der Waals surface area (Å²) in [4.78, 5) is 17.6. The number of nitrogens with one attached hydrogen (secondary N) is 1. The number of aromatic nitrogens is 1. The zero-order valence-electron chi connectivity index (χ0n) is 13.8. The van der Waals surface area contributed by atoms with Crippen molar-refractivity contribution in [1.82, 2.24) is 9.88 Å². The van der Waals surface area contributed by atoms with Gasteiger partial charge in [-0.15, -0.1) is 0 Å². The number of benzene rings is 1. The fourth-order valence-corrected chi connectivity index (χ4v) is 3.88. The van der Waals surface area contributed by atoms with Crippen molar-refractivity contribution in [2.75, 3.05) is 19.4 Å². The average Bonchev–Trinajstić information content (AvgIpc) is 2.55. The van der Waals surface area contributed by atoms with Crippen molar-refractivity contribution in [3.63, 3.8) is 0 Å². The van der Waals surface area contributed by atoms with E-state index < -0.39 is 0 Å². The van der Waals surface area contributed by atoms with Crippen molar-refractivity contribution >= 4 is 44.9 Å². The van der Waals surface area contributed by atoms with Gasteiger partial charge >= 0.3 is 5.69 Å². The molecule has 0 unspecified atom stereocenters. The van der Waals surface area contributed by atoms with E-state index in [1.165, 1.54) is 6.20 Å². The lowest BCUT2D eigenvalue weighted by molar-refractivity contribution is -0.384. The van der Waals surface area contributed by atoms with E-state index in [2.05, 4.69) is 51.9 Å². The molecule has 0 bridgehead atoms. The largest absolute Gasteiger partial charge is 0.376 e. The summed E-state index contributed by atoms with van der Waals surface area (Å²) in [5, 5.41) is 15.7. The molecular weight excluding hydrogens is 419 g/mol. The first-order chi connectivity index (χ1) is 11.5. The molecule has 0 spiro atoms. The molecule has 1 N–H and O–H groups in total. The number of hydrogen-bond acceptors (Lipinski definition) is 5. The second kappa shape index (κ2) is 7.18. The van der Waals surface area contributed by atoms with Crippen LogP contribution in [0.5, 0.6) is 0 Å². The fourth-order valence-electron chi connectivity index (χ4n) is 3.39. The Balaban J connectivity index is 1.91. The first-order valence-electron chi connectivity index (χ1n) is 8.11. The van der Waals surface area contributed by atoms with Gasteiger partial charge in [0.05, 0.1) is 10.4 Å². The predicted molar refractivity (Wildman–Crippen MR) is 104 cm³/mol. The molecule has 2 aromatic rings. The Labute approximate surface area is 154 Å². The topological polar surface area (TPSA) is 71.3 Å². The lowest BCUT2D eigenvalue weighted by atomic mass is 9.90. The Bertz CT molecular complexity index is 758. The van der Waals surface area contributed by atoms with E-state index in [1.807, 2.05) is 18.2 Å². The van der Waals surface area contributed by atoms with E-state index in [1.54, 1.807) is 0 Å². The molecule has 6 nitrogen and oxygen atoms in total. The highest BCUT2D eigenvalue weighted by Crippen LogP contribution is 2.35. The van der Waals surface area contributed by atoms with E-state index in [9.17, 15) is 10.1 Å². The van der Waals surface area contributed by atoms with Crippen molar-refractivity contribution in [3.8, 4) is 0 Å². The molecular formula is C17H21IN4O2. The zero-order valence-corrected chi connectivity index (χ0v) is 16.0. The number of anilines is 1. The van der Waals surface area contributed by atoms with Crippen molar-refractivity contribution in [1.29, 1.82) is 0 Å². The number of fused-ring (bicyclic) bond motifs is 1. The maximum absolute atomic E-state index is 11.5. The van der Waals surface area contributed by atoms with E-state index in [4.69, 9.17) is 0 Å². The van der Waals surface area contributed by atoms with Gasteiger partial charge in [0.1, 0.15) is 11.9 Å². The molecule has 1 aliphatic carbocycles. The van der Waals surface area contributed by atoms with Gasteiger partial charge in [-0.05, 0) is 80.6 Å². The van der Waals surface area contributed by atoms with Gasteiger partial charge < -0.3 is 10.2 Å². The maximum atomic E-state index is 11.5. The summed E-state index contributed by atoms with van der Waals surface area (Å²) in [6.07, 6.45) is 5.63. The minimum absolute atomic E-state index is 0.0548. The molecule has 0 radical (unpaired) electrons. The van der Waals surface area contributed by atoms with E-state index in [0.29, 0.717) is 11.7 Å². The van der Waals surface area contributed by atoms with Crippen LogP contribution in [-0.4, -0.2) is 41.0 Å². The molecule has 128 valence electrons. The van der Waals surface area contributed by atoms with Gasteiger partial charge in [0.2, 0.25) is 0 Å². The van der Waals surface area contributed by atoms with Crippen molar-refractivity contribution in [2.24, 2.45) is 0 Å². The molecule has 0 saturated heterocycles. The van der Waals surface area contributed by atoms with Crippen molar-refractivity contribution < 1.29 is 4.92 Å². The third kappa shape index (κ3) is 3.61. The van der Waals surface area contributed by atoms with E-state index in [-0.39, 0.29) is 16.7 Å². The number of rotatable bonds is 4. The lowest BCUT2D eigenvalue weighted by Gasteiger charge is -2.33. The van der Waals surface area contributed by atoms with E-state index in [0.717, 1.165) is 40.2 Å². The molecule has 0 aliphatic heterocycles.